The van der Waals surface area contributed by atoms with Gasteiger partial charge in [0.15, 0.2) is 5.76 Å². The number of rotatable bonds is 7. The molecule has 0 aliphatic carbocycles. The maximum atomic E-state index is 12.6. The summed E-state index contributed by atoms with van der Waals surface area (Å²) in [6.45, 7) is 0.552. The minimum absolute atomic E-state index is 0.0865. The van der Waals surface area contributed by atoms with Crippen molar-refractivity contribution >= 4 is 17.5 Å². The summed E-state index contributed by atoms with van der Waals surface area (Å²) in [5.74, 6) is 1.32. The van der Waals surface area contributed by atoms with Gasteiger partial charge in [0.2, 0.25) is 11.8 Å². The van der Waals surface area contributed by atoms with Gasteiger partial charge in [-0.3, -0.25) is 9.59 Å². The monoisotopic (exact) mass is 421 g/mol. The molecule has 0 saturated carbocycles. The van der Waals surface area contributed by atoms with Crippen LogP contribution >= 0.6 is 0 Å². The highest BCUT2D eigenvalue weighted by molar-refractivity contribution is 6.00. The van der Waals surface area contributed by atoms with E-state index in [0.717, 1.165) is 17.0 Å². The summed E-state index contributed by atoms with van der Waals surface area (Å²) in [5.41, 5.74) is 2.19. The molecule has 3 aromatic rings. The molecule has 0 spiro atoms. The van der Waals surface area contributed by atoms with E-state index in [2.05, 4.69) is 10.5 Å². The van der Waals surface area contributed by atoms with E-state index in [4.69, 9.17) is 14.0 Å². The zero-order valence-corrected chi connectivity index (χ0v) is 17.3. The average molecular weight is 421 g/mol. The van der Waals surface area contributed by atoms with Crippen molar-refractivity contribution in [1.82, 2.24) is 10.5 Å². The molecule has 1 aliphatic heterocycles. The number of nitrogens with zero attached hydrogens (tertiary/aromatic N) is 2. The number of ether oxygens (including phenoxy) is 2. The van der Waals surface area contributed by atoms with Crippen LogP contribution in [0.5, 0.6) is 11.5 Å². The summed E-state index contributed by atoms with van der Waals surface area (Å²) >= 11 is 0. The number of anilines is 1. The van der Waals surface area contributed by atoms with Crippen LogP contribution in [0.15, 0.2) is 59.1 Å². The molecule has 2 heterocycles. The number of hydrogen-bond acceptors (Lipinski definition) is 6. The van der Waals surface area contributed by atoms with Gasteiger partial charge in [-0.15, -0.1) is 0 Å². The van der Waals surface area contributed by atoms with Gasteiger partial charge in [-0.1, -0.05) is 11.2 Å². The Labute approximate surface area is 179 Å². The second-order valence-corrected chi connectivity index (χ2v) is 7.24. The van der Waals surface area contributed by atoms with Gasteiger partial charge >= 0.3 is 0 Å². The minimum Gasteiger partial charge on any atom is -0.497 e. The van der Waals surface area contributed by atoms with E-state index in [1.165, 1.54) is 0 Å². The Morgan fingerprint density at radius 2 is 1.90 bits per heavy atom. The molecule has 1 aliphatic rings. The van der Waals surface area contributed by atoms with Crippen LogP contribution in [0.1, 0.15) is 12.1 Å². The van der Waals surface area contributed by atoms with Gasteiger partial charge in [0.25, 0.3) is 0 Å². The predicted octanol–water partition coefficient (Wildman–Crippen LogP) is 3.03. The van der Waals surface area contributed by atoms with E-state index in [1.54, 1.807) is 31.3 Å². The SMILES string of the molecule is COc1ccc(-c2cc(CNC(=O)C3CC(=O)N(c4cccc(OC)c4)C3)no2)cc1. The molecule has 1 unspecified atom stereocenters. The van der Waals surface area contributed by atoms with Gasteiger partial charge < -0.3 is 24.2 Å². The quantitative estimate of drug-likeness (QED) is 0.630. The third kappa shape index (κ3) is 4.53. The van der Waals surface area contributed by atoms with Crippen LogP contribution < -0.4 is 19.7 Å². The molecule has 31 heavy (non-hydrogen) atoms. The second-order valence-electron chi connectivity index (χ2n) is 7.24. The van der Waals surface area contributed by atoms with Crippen molar-refractivity contribution in [3.05, 3.63) is 60.3 Å². The molecule has 160 valence electrons. The smallest absolute Gasteiger partial charge is 0.227 e. The summed E-state index contributed by atoms with van der Waals surface area (Å²) in [4.78, 5) is 26.7. The maximum Gasteiger partial charge on any atom is 0.227 e. The fraction of sp³-hybridized carbons (Fsp3) is 0.261. The maximum absolute atomic E-state index is 12.6. The van der Waals surface area contributed by atoms with Crippen molar-refractivity contribution in [3.8, 4) is 22.8 Å². The Hall–Kier alpha value is -3.81. The van der Waals surface area contributed by atoms with Gasteiger partial charge in [0.1, 0.15) is 17.2 Å². The minimum atomic E-state index is -0.424. The molecule has 1 fully saturated rings. The molecule has 1 aromatic heterocycles. The highest BCUT2D eigenvalue weighted by Gasteiger charge is 2.35. The molecule has 8 heteroatoms. The van der Waals surface area contributed by atoms with Gasteiger partial charge in [-0.25, -0.2) is 0 Å². The number of nitrogens with one attached hydrogen (secondary N) is 1. The normalized spacial score (nSPS) is 15.7. The van der Waals surface area contributed by atoms with Gasteiger partial charge in [-0.2, -0.15) is 0 Å². The third-order valence-electron chi connectivity index (χ3n) is 5.24. The van der Waals surface area contributed by atoms with Gasteiger partial charge in [0, 0.05) is 36.3 Å². The summed E-state index contributed by atoms with van der Waals surface area (Å²) < 4.78 is 15.7. The predicted molar refractivity (Wildman–Crippen MR) is 114 cm³/mol. The van der Waals surface area contributed by atoms with Crippen LogP contribution in [0.25, 0.3) is 11.3 Å². The standard InChI is InChI=1S/C23H23N3O5/c1-29-19-8-6-15(7-9-19)21-11-17(25-31-21)13-24-23(28)16-10-22(27)26(14-16)18-4-3-5-20(12-18)30-2/h3-9,11-12,16H,10,13-14H2,1-2H3,(H,24,28). The average Bonchev–Trinajstić information content (AvgIpc) is 3.44. The number of hydrogen-bond donors (Lipinski definition) is 1. The molecule has 8 nitrogen and oxygen atoms in total. The molecular weight excluding hydrogens is 398 g/mol. The van der Waals surface area contributed by atoms with E-state index in [-0.39, 0.29) is 24.8 Å². The summed E-state index contributed by atoms with van der Waals surface area (Å²) in [5, 5.41) is 6.87. The molecule has 0 radical (unpaired) electrons. The Bertz CT molecular complexity index is 1080. The van der Waals surface area contributed by atoms with Crippen LogP contribution in [-0.4, -0.2) is 37.7 Å². The van der Waals surface area contributed by atoms with E-state index >= 15 is 0 Å². The molecular formula is C23H23N3O5. The Kier molecular flexibility index (Phi) is 5.88. The lowest BCUT2D eigenvalue weighted by Crippen LogP contribution is -2.32. The molecule has 1 saturated heterocycles. The lowest BCUT2D eigenvalue weighted by atomic mass is 10.1. The number of carbonyl (C=O) groups excluding carboxylic acids is 2. The molecule has 2 amide bonds. The molecule has 0 bridgehead atoms. The first-order chi connectivity index (χ1) is 15.1. The van der Waals surface area contributed by atoms with Crippen LogP contribution in [0, 0.1) is 5.92 Å². The van der Waals surface area contributed by atoms with Gasteiger partial charge in [-0.05, 0) is 36.4 Å². The Morgan fingerprint density at radius 3 is 2.65 bits per heavy atom. The molecule has 4 rings (SSSR count). The summed E-state index contributed by atoms with van der Waals surface area (Å²) in [7, 11) is 3.18. The van der Waals surface area contributed by atoms with Crippen molar-refractivity contribution < 1.29 is 23.6 Å². The van der Waals surface area contributed by atoms with Crippen molar-refractivity contribution in [2.75, 3.05) is 25.7 Å². The van der Waals surface area contributed by atoms with Crippen molar-refractivity contribution in [1.29, 1.82) is 0 Å². The third-order valence-corrected chi connectivity index (χ3v) is 5.24. The number of carbonyl (C=O) groups is 2. The molecule has 2 aromatic carbocycles. The first-order valence-corrected chi connectivity index (χ1v) is 9.89. The van der Waals surface area contributed by atoms with E-state index in [0.29, 0.717) is 23.7 Å². The number of benzene rings is 2. The van der Waals surface area contributed by atoms with E-state index < -0.39 is 5.92 Å². The summed E-state index contributed by atoms with van der Waals surface area (Å²) in [6, 6.07) is 16.5. The largest absolute Gasteiger partial charge is 0.497 e. The van der Waals surface area contributed by atoms with Gasteiger partial charge in [0.05, 0.1) is 26.7 Å². The highest BCUT2D eigenvalue weighted by atomic mass is 16.5. The number of amides is 2. The lowest BCUT2D eigenvalue weighted by molar-refractivity contribution is -0.126. The highest BCUT2D eigenvalue weighted by Crippen LogP contribution is 2.28. The zero-order chi connectivity index (χ0) is 21.8. The fourth-order valence-electron chi connectivity index (χ4n) is 3.52. The first-order valence-electron chi connectivity index (χ1n) is 9.89. The molecule has 1 atom stereocenters. The fourth-order valence-corrected chi connectivity index (χ4v) is 3.52. The second kappa shape index (κ2) is 8.91. The summed E-state index contributed by atoms with van der Waals surface area (Å²) in [6.07, 6.45) is 0.166. The zero-order valence-electron chi connectivity index (χ0n) is 17.3. The number of methoxy groups -OCH3 is 2. The van der Waals surface area contributed by atoms with Crippen molar-refractivity contribution in [3.63, 3.8) is 0 Å². The lowest BCUT2D eigenvalue weighted by Gasteiger charge is -2.17. The van der Waals surface area contributed by atoms with Crippen LogP contribution in [0.3, 0.4) is 0 Å². The van der Waals surface area contributed by atoms with E-state index in [9.17, 15) is 9.59 Å². The van der Waals surface area contributed by atoms with Crippen molar-refractivity contribution in [2.24, 2.45) is 5.92 Å². The van der Waals surface area contributed by atoms with Crippen LogP contribution in [0.4, 0.5) is 5.69 Å². The molecule has 1 N–H and O–H groups in total. The first kappa shape index (κ1) is 20.5. The van der Waals surface area contributed by atoms with Crippen LogP contribution in [-0.2, 0) is 16.1 Å². The van der Waals surface area contributed by atoms with Crippen LogP contribution in [0.2, 0.25) is 0 Å². The van der Waals surface area contributed by atoms with Crippen molar-refractivity contribution in [2.45, 2.75) is 13.0 Å². The topological polar surface area (TPSA) is 93.9 Å². The van der Waals surface area contributed by atoms with E-state index in [1.807, 2.05) is 42.5 Å². The number of aromatic nitrogens is 1. The Balaban J connectivity index is 1.35. The Morgan fingerprint density at radius 1 is 1.13 bits per heavy atom.